The average Bonchev–Trinajstić information content (AvgIpc) is 2.10. The van der Waals surface area contributed by atoms with Crippen LogP contribution in [0.25, 0.3) is 0 Å². The third kappa shape index (κ3) is 2.58. The summed E-state index contributed by atoms with van der Waals surface area (Å²) in [4.78, 5) is 11.2. The standard InChI is InChI=1S/C11H14BrNO/c1-4-10(14)13-11-7(2)5-9(12)6-8(11)3/h5-6H,4H2,1-3H3,(H,13,14). The van der Waals surface area contributed by atoms with E-state index in [-0.39, 0.29) is 5.91 Å². The maximum atomic E-state index is 11.2. The first-order valence-electron chi connectivity index (χ1n) is 4.61. The summed E-state index contributed by atoms with van der Waals surface area (Å²) in [7, 11) is 0. The predicted octanol–water partition coefficient (Wildman–Crippen LogP) is 3.41. The second-order valence-electron chi connectivity index (χ2n) is 3.32. The van der Waals surface area contributed by atoms with E-state index >= 15 is 0 Å². The lowest BCUT2D eigenvalue weighted by atomic mass is 10.1. The summed E-state index contributed by atoms with van der Waals surface area (Å²) in [5.41, 5.74) is 3.09. The third-order valence-corrected chi connectivity index (χ3v) is 2.54. The number of anilines is 1. The number of benzene rings is 1. The third-order valence-electron chi connectivity index (χ3n) is 2.08. The van der Waals surface area contributed by atoms with Gasteiger partial charge in [-0.15, -0.1) is 0 Å². The Morgan fingerprint density at radius 1 is 1.36 bits per heavy atom. The number of carbonyl (C=O) groups excluding carboxylic acids is 1. The van der Waals surface area contributed by atoms with Crippen LogP contribution in [0.5, 0.6) is 0 Å². The zero-order chi connectivity index (χ0) is 10.7. The van der Waals surface area contributed by atoms with Crippen LogP contribution in [0.15, 0.2) is 16.6 Å². The smallest absolute Gasteiger partial charge is 0.224 e. The fraction of sp³-hybridized carbons (Fsp3) is 0.364. The summed E-state index contributed by atoms with van der Waals surface area (Å²) in [6.45, 7) is 5.82. The first kappa shape index (κ1) is 11.2. The molecule has 0 saturated carbocycles. The number of aryl methyl sites for hydroxylation is 2. The van der Waals surface area contributed by atoms with E-state index in [1.54, 1.807) is 0 Å². The Balaban J connectivity index is 3.02. The Morgan fingerprint density at radius 2 is 1.86 bits per heavy atom. The van der Waals surface area contributed by atoms with Crippen molar-refractivity contribution >= 4 is 27.5 Å². The Bertz CT molecular complexity index is 337. The van der Waals surface area contributed by atoms with Crippen molar-refractivity contribution in [3.05, 3.63) is 27.7 Å². The second kappa shape index (κ2) is 4.60. The van der Waals surface area contributed by atoms with Gasteiger partial charge in [-0.25, -0.2) is 0 Å². The van der Waals surface area contributed by atoms with Crippen molar-refractivity contribution in [1.29, 1.82) is 0 Å². The molecule has 0 bridgehead atoms. The van der Waals surface area contributed by atoms with Gasteiger partial charge in [0, 0.05) is 16.6 Å². The maximum absolute atomic E-state index is 11.2. The molecule has 1 amide bonds. The molecule has 0 aliphatic heterocycles. The van der Waals surface area contributed by atoms with Crippen LogP contribution in [0.2, 0.25) is 0 Å². The molecule has 1 N–H and O–H groups in total. The van der Waals surface area contributed by atoms with Crippen LogP contribution in [0.1, 0.15) is 24.5 Å². The molecule has 0 aliphatic rings. The average molecular weight is 256 g/mol. The minimum Gasteiger partial charge on any atom is -0.326 e. The zero-order valence-electron chi connectivity index (χ0n) is 8.65. The summed E-state index contributed by atoms with van der Waals surface area (Å²) in [5, 5.41) is 2.90. The molecule has 14 heavy (non-hydrogen) atoms. The molecule has 0 aromatic heterocycles. The number of hydrogen-bond donors (Lipinski definition) is 1. The highest BCUT2D eigenvalue weighted by atomic mass is 79.9. The van der Waals surface area contributed by atoms with Gasteiger partial charge in [-0.3, -0.25) is 4.79 Å². The maximum Gasteiger partial charge on any atom is 0.224 e. The van der Waals surface area contributed by atoms with Gasteiger partial charge in [0.2, 0.25) is 5.91 Å². The van der Waals surface area contributed by atoms with E-state index in [9.17, 15) is 4.79 Å². The van der Waals surface area contributed by atoms with E-state index in [1.165, 1.54) is 0 Å². The Kier molecular flexibility index (Phi) is 3.69. The molecule has 0 unspecified atom stereocenters. The van der Waals surface area contributed by atoms with Gasteiger partial charge >= 0.3 is 0 Å². The van der Waals surface area contributed by atoms with Gasteiger partial charge in [0.05, 0.1) is 0 Å². The van der Waals surface area contributed by atoms with Crippen molar-refractivity contribution < 1.29 is 4.79 Å². The van der Waals surface area contributed by atoms with Gasteiger partial charge in [-0.2, -0.15) is 0 Å². The monoisotopic (exact) mass is 255 g/mol. The quantitative estimate of drug-likeness (QED) is 0.863. The molecular weight excluding hydrogens is 242 g/mol. The topological polar surface area (TPSA) is 29.1 Å². The number of rotatable bonds is 2. The summed E-state index contributed by atoms with van der Waals surface area (Å²) in [6.07, 6.45) is 0.509. The van der Waals surface area contributed by atoms with Crippen molar-refractivity contribution in [2.45, 2.75) is 27.2 Å². The normalized spacial score (nSPS) is 10.0. The minimum atomic E-state index is 0.0542. The van der Waals surface area contributed by atoms with Gasteiger partial charge in [0.1, 0.15) is 0 Å². The second-order valence-corrected chi connectivity index (χ2v) is 4.23. The van der Waals surface area contributed by atoms with E-state index in [0.717, 1.165) is 21.3 Å². The largest absolute Gasteiger partial charge is 0.326 e. The molecule has 0 heterocycles. The SMILES string of the molecule is CCC(=O)Nc1c(C)cc(Br)cc1C. The first-order valence-corrected chi connectivity index (χ1v) is 5.40. The highest BCUT2D eigenvalue weighted by molar-refractivity contribution is 9.10. The van der Waals surface area contributed by atoms with Crippen LogP contribution in [0, 0.1) is 13.8 Å². The van der Waals surface area contributed by atoms with E-state index in [2.05, 4.69) is 21.2 Å². The molecule has 0 spiro atoms. The molecule has 2 nitrogen and oxygen atoms in total. The highest BCUT2D eigenvalue weighted by Gasteiger charge is 2.06. The summed E-state index contributed by atoms with van der Waals surface area (Å²) < 4.78 is 1.04. The molecule has 0 saturated heterocycles. The molecule has 1 aromatic carbocycles. The number of carbonyl (C=O) groups is 1. The molecule has 0 aliphatic carbocycles. The summed E-state index contributed by atoms with van der Waals surface area (Å²) in [5.74, 6) is 0.0542. The van der Waals surface area contributed by atoms with Crippen LogP contribution < -0.4 is 5.32 Å². The van der Waals surface area contributed by atoms with Gasteiger partial charge in [-0.05, 0) is 37.1 Å². The van der Waals surface area contributed by atoms with Gasteiger partial charge < -0.3 is 5.32 Å². The van der Waals surface area contributed by atoms with Crippen LogP contribution >= 0.6 is 15.9 Å². The Hall–Kier alpha value is -0.830. The van der Waals surface area contributed by atoms with Gasteiger partial charge in [0.15, 0.2) is 0 Å². The van der Waals surface area contributed by atoms with Crippen LogP contribution in [0.3, 0.4) is 0 Å². The Labute approximate surface area is 92.8 Å². The van der Waals surface area contributed by atoms with Crippen molar-refractivity contribution in [3.8, 4) is 0 Å². The van der Waals surface area contributed by atoms with E-state index < -0.39 is 0 Å². The zero-order valence-corrected chi connectivity index (χ0v) is 10.2. The lowest BCUT2D eigenvalue weighted by Crippen LogP contribution is -2.11. The predicted molar refractivity (Wildman–Crippen MR) is 62.5 cm³/mol. The molecular formula is C11H14BrNO. The fourth-order valence-corrected chi connectivity index (χ4v) is 2.02. The molecule has 1 rings (SSSR count). The fourth-order valence-electron chi connectivity index (χ4n) is 1.34. The first-order chi connectivity index (χ1) is 6.54. The van der Waals surface area contributed by atoms with Crippen molar-refractivity contribution in [3.63, 3.8) is 0 Å². The highest BCUT2D eigenvalue weighted by Crippen LogP contribution is 2.25. The number of nitrogens with one attached hydrogen (secondary N) is 1. The number of amides is 1. The molecule has 0 fully saturated rings. The van der Waals surface area contributed by atoms with Crippen molar-refractivity contribution in [2.24, 2.45) is 0 Å². The lowest BCUT2D eigenvalue weighted by Gasteiger charge is -2.11. The molecule has 3 heteroatoms. The minimum absolute atomic E-state index is 0.0542. The Morgan fingerprint density at radius 3 is 2.29 bits per heavy atom. The summed E-state index contributed by atoms with van der Waals surface area (Å²) in [6, 6.07) is 4.00. The molecule has 76 valence electrons. The summed E-state index contributed by atoms with van der Waals surface area (Å²) >= 11 is 3.42. The van der Waals surface area contributed by atoms with E-state index in [0.29, 0.717) is 6.42 Å². The van der Waals surface area contributed by atoms with Crippen molar-refractivity contribution in [1.82, 2.24) is 0 Å². The van der Waals surface area contributed by atoms with Gasteiger partial charge in [0.25, 0.3) is 0 Å². The van der Waals surface area contributed by atoms with E-state index in [1.807, 2.05) is 32.9 Å². The molecule has 0 atom stereocenters. The van der Waals surface area contributed by atoms with Gasteiger partial charge in [-0.1, -0.05) is 22.9 Å². The van der Waals surface area contributed by atoms with Crippen LogP contribution in [-0.2, 0) is 4.79 Å². The van der Waals surface area contributed by atoms with Crippen LogP contribution in [-0.4, -0.2) is 5.91 Å². The van der Waals surface area contributed by atoms with E-state index in [4.69, 9.17) is 0 Å². The van der Waals surface area contributed by atoms with Crippen molar-refractivity contribution in [2.75, 3.05) is 5.32 Å². The molecule has 1 aromatic rings. The molecule has 0 radical (unpaired) electrons. The number of hydrogen-bond acceptors (Lipinski definition) is 1. The number of halogens is 1. The lowest BCUT2D eigenvalue weighted by molar-refractivity contribution is -0.115. The van der Waals surface area contributed by atoms with Crippen LogP contribution in [0.4, 0.5) is 5.69 Å².